The van der Waals surface area contributed by atoms with E-state index in [1.807, 2.05) is 48.9 Å². The molecular formula is C24H26N4O4S. The molecule has 172 valence electrons. The average molecular weight is 467 g/mol. The number of carbonyl (C=O) groups excluding carboxylic acids is 2. The zero-order valence-corrected chi connectivity index (χ0v) is 19.6. The Bertz CT molecular complexity index is 1180. The lowest BCUT2D eigenvalue weighted by atomic mass is 9.95. The van der Waals surface area contributed by atoms with Gasteiger partial charge in [-0.05, 0) is 44.9 Å². The maximum atomic E-state index is 13.5. The Labute approximate surface area is 196 Å². The summed E-state index contributed by atoms with van der Waals surface area (Å²) >= 11 is 1.27. The van der Waals surface area contributed by atoms with Crippen molar-refractivity contribution in [1.29, 1.82) is 0 Å². The van der Waals surface area contributed by atoms with E-state index in [1.165, 1.54) is 11.3 Å². The minimum Gasteiger partial charge on any atom is -0.503 e. The summed E-state index contributed by atoms with van der Waals surface area (Å²) in [6, 6.07) is 6.61. The standard InChI is InChI=1S/C24H26N4O4S/c1-4-32-18-8-6-17(7-9-18)20-19(21(29)23-15(2)26-16(3)33-23)22(30)24(31)28(20)12-5-11-27-13-10-25-14-27/h6-10,13-14,20,30H,4-5,11-12H2,1-3H3. The Hall–Kier alpha value is -3.46. The van der Waals surface area contributed by atoms with Gasteiger partial charge in [-0.25, -0.2) is 9.97 Å². The summed E-state index contributed by atoms with van der Waals surface area (Å²) < 4.78 is 7.46. The molecule has 8 nitrogen and oxygen atoms in total. The Balaban J connectivity index is 1.68. The van der Waals surface area contributed by atoms with Crippen molar-refractivity contribution in [3.05, 3.63) is 75.5 Å². The number of aliphatic hydroxyl groups excluding tert-OH is 1. The van der Waals surface area contributed by atoms with E-state index in [2.05, 4.69) is 9.97 Å². The second kappa shape index (κ2) is 9.58. The molecule has 1 N–H and O–H groups in total. The predicted molar refractivity (Wildman–Crippen MR) is 124 cm³/mol. The lowest BCUT2D eigenvalue weighted by Crippen LogP contribution is -2.32. The van der Waals surface area contributed by atoms with Gasteiger partial charge >= 0.3 is 0 Å². The van der Waals surface area contributed by atoms with Gasteiger partial charge in [0, 0.05) is 25.5 Å². The highest BCUT2D eigenvalue weighted by atomic mass is 32.1. The van der Waals surface area contributed by atoms with E-state index in [0.717, 1.165) is 10.6 Å². The molecule has 1 amide bonds. The largest absolute Gasteiger partial charge is 0.503 e. The number of imidazole rings is 1. The number of aryl methyl sites for hydroxylation is 3. The highest BCUT2D eigenvalue weighted by Crippen LogP contribution is 2.40. The van der Waals surface area contributed by atoms with E-state index < -0.39 is 17.7 Å². The molecule has 1 aliphatic rings. The van der Waals surface area contributed by atoms with Crippen molar-refractivity contribution in [2.75, 3.05) is 13.2 Å². The van der Waals surface area contributed by atoms with Crippen LogP contribution in [0.1, 0.15) is 45.3 Å². The molecule has 0 saturated heterocycles. The van der Waals surface area contributed by atoms with E-state index in [0.29, 0.717) is 42.4 Å². The minimum absolute atomic E-state index is 0.0959. The van der Waals surface area contributed by atoms with Gasteiger partial charge in [-0.1, -0.05) is 12.1 Å². The number of Topliss-reactive ketones (excluding diaryl/α,β-unsaturated/α-hetero) is 1. The van der Waals surface area contributed by atoms with E-state index in [9.17, 15) is 14.7 Å². The van der Waals surface area contributed by atoms with Gasteiger partial charge in [-0.3, -0.25) is 9.59 Å². The maximum Gasteiger partial charge on any atom is 0.290 e. The summed E-state index contributed by atoms with van der Waals surface area (Å²) in [7, 11) is 0. The van der Waals surface area contributed by atoms with Crippen LogP contribution < -0.4 is 4.74 Å². The van der Waals surface area contributed by atoms with Crippen molar-refractivity contribution in [2.45, 2.75) is 39.8 Å². The summed E-state index contributed by atoms with van der Waals surface area (Å²) in [5, 5.41) is 11.6. The topological polar surface area (TPSA) is 97.5 Å². The Morgan fingerprint density at radius 1 is 1.21 bits per heavy atom. The molecule has 9 heteroatoms. The maximum absolute atomic E-state index is 13.5. The smallest absolute Gasteiger partial charge is 0.290 e. The summed E-state index contributed by atoms with van der Waals surface area (Å²) in [5.74, 6) is -0.694. The number of aromatic nitrogens is 3. The molecular weight excluding hydrogens is 440 g/mol. The first-order valence-electron chi connectivity index (χ1n) is 10.8. The lowest BCUT2D eigenvalue weighted by Gasteiger charge is -2.27. The highest BCUT2D eigenvalue weighted by molar-refractivity contribution is 7.14. The number of rotatable bonds is 9. The van der Waals surface area contributed by atoms with Crippen molar-refractivity contribution in [3.63, 3.8) is 0 Å². The normalized spacial score (nSPS) is 16.0. The number of amides is 1. The van der Waals surface area contributed by atoms with Gasteiger partial charge in [-0.15, -0.1) is 11.3 Å². The van der Waals surface area contributed by atoms with Crippen LogP contribution in [0.25, 0.3) is 0 Å². The molecule has 33 heavy (non-hydrogen) atoms. The second-order valence-corrected chi connectivity index (χ2v) is 9.00. The fourth-order valence-corrected chi connectivity index (χ4v) is 4.96. The number of aliphatic hydroxyl groups is 1. The lowest BCUT2D eigenvalue weighted by molar-refractivity contribution is -0.129. The third kappa shape index (κ3) is 4.54. The van der Waals surface area contributed by atoms with Gasteiger partial charge < -0.3 is 19.3 Å². The first-order valence-corrected chi connectivity index (χ1v) is 11.6. The minimum atomic E-state index is -0.690. The number of ether oxygens (including phenoxy) is 1. The number of thiazole rings is 1. The van der Waals surface area contributed by atoms with E-state index in [4.69, 9.17) is 4.74 Å². The zero-order chi connectivity index (χ0) is 23.5. The highest BCUT2D eigenvalue weighted by Gasteiger charge is 2.44. The van der Waals surface area contributed by atoms with E-state index in [-0.39, 0.29) is 11.4 Å². The van der Waals surface area contributed by atoms with Gasteiger partial charge in [0.25, 0.3) is 5.91 Å². The molecule has 0 radical (unpaired) electrons. The molecule has 0 aliphatic carbocycles. The summed E-state index contributed by atoms with van der Waals surface area (Å²) in [6.45, 7) is 7.07. The molecule has 1 aromatic carbocycles. The third-order valence-corrected chi connectivity index (χ3v) is 6.61. The van der Waals surface area contributed by atoms with Gasteiger partial charge in [0.15, 0.2) is 5.76 Å². The summed E-state index contributed by atoms with van der Waals surface area (Å²) in [5.41, 5.74) is 1.43. The van der Waals surface area contributed by atoms with Crippen LogP contribution in [0, 0.1) is 13.8 Å². The molecule has 2 aromatic heterocycles. The molecule has 1 unspecified atom stereocenters. The van der Waals surface area contributed by atoms with Crippen molar-refractivity contribution in [2.24, 2.45) is 0 Å². The predicted octanol–water partition coefficient (Wildman–Crippen LogP) is 4.02. The molecule has 1 atom stereocenters. The van der Waals surface area contributed by atoms with Gasteiger partial charge in [0.05, 0.1) is 40.1 Å². The van der Waals surface area contributed by atoms with Crippen LogP contribution in [0.3, 0.4) is 0 Å². The van der Waals surface area contributed by atoms with E-state index >= 15 is 0 Å². The molecule has 0 bridgehead atoms. The first-order chi connectivity index (χ1) is 15.9. The van der Waals surface area contributed by atoms with Crippen LogP contribution in [0.15, 0.2) is 54.3 Å². The van der Waals surface area contributed by atoms with Gasteiger partial charge in [0.2, 0.25) is 5.78 Å². The molecule has 3 heterocycles. The number of benzene rings is 1. The van der Waals surface area contributed by atoms with Crippen LogP contribution in [0.2, 0.25) is 0 Å². The van der Waals surface area contributed by atoms with E-state index in [1.54, 1.807) is 24.3 Å². The molecule has 3 aromatic rings. The molecule has 4 rings (SSSR count). The van der Waals surface area contributed by atoms with Crippen LogP contribution in [-0.2, 0) is 11.3 Å². The molecule has 0 fully saturated rings. The van der Waals surface area contributed by atoms with Crippen molar-refractivity contribution >= 4 is 23.0 Å². The van der Waals surface area contributed by atoms with Crippen molar-refractivity contribution in [1.82, 2.24) is 19.4 Å². The zero-order valence-electron chi connectivity index (χ0n) is 18.8. The number of hydrogen-bond donors (Lipinski definition) is 1. The fraction of sp³-hybridized carbons (Fsp3) is 0.333. The number of carbonyl (C=O) groups is 2. The number of ketones is 1. The second-order valence-electron chi connectivity index (χ2n) is 7.80. The van der Waals surface area contributed by atoms with Crippen molar-refractivity contribution < 1.29 is 19.4 Å². The SMILES string of the molecule is CCOc1ccc(C2C(C(=O)c3sc(C)nc3C)=C(O)C(=O)N2CCCn2ccnc2)cc1. The average Bonchev–Trinajstić information content (AvgIpc) is 3.49. The molecule has 0 saturated carbocycles. The fourth-order valence-electron chi connectivity index (χ4n) is 4.08. The van der Waals surface area contributed by atoms with Gasteiger partial charge in [0.1, 0.15) is 5.75 Å². The van der Waals surface area contributed by atoms with Crippen LogP contribution in [0.5, 0.6) is 5.75 Å². The van der Waals surface area contributed by atoms with Crippen LogP contribution in [-0.4, -0.2) is 49.4 Å². The third-order valence-electron chi connectivity index (χ3n) is 5.54. The monoisotopic (exact) mass is 466 g/mol. The van der Waals surface area contributed by atoms with Crippen LogP contribution in [0.4, 0.5) is 0 Å². The molecule has 1 aliphatic heterocycles. The van der Waals surface area contributed by atoms with Crippen molar-refractivity contribution in [3.8, 4) is 5.75 Å². The quantitative estimate of drug-likeness (QED) is 0.478. The summed E-state index contributed by atoms with van der Waals surface area (Å²) in [4.78, 5) is 37.0. The first kappa shape index (κ1) is 22.7. The van der Waals surface area contributed by atoms with Crippen LogP contribution >= 0.6 is 11.3 Å². The summed E-state index contributed by atoms with van der Waals surface area (Å²) in [6.07, 6.45) is 5.92. The number of nitrogens with zero attached hydrogens (tertiary/aromatic N) is 4. The number of hydrogen-bond acceptors (Lipinski definition) is 7. The Kier molecular flexibility index (Phi) is 6.60. The Morgan fingerprint density at radius 2 is 1.97 bits per heavy atom. The molecule has 0 spiro atoms. The Morgan fingerprint density at radius 3 is 2.58 bits per heavy atom. The van der Waals surface area contributed by atoms with Gasteiger partial charge in [-0.2, -0.15) is 0 Å².